The van der Waals surface area contributed by atoms with E-state index >= 15 is 0 Å². The molecule has 0 radical (unpaired) electrons. The van der Waals surface area contributed by atoms with Gasteiger partial charge in [0.2, 0.25) is 0 Å². The molecule has 0 saturated heterocycles. The zero-order chi connectivity index (χ0) is 12.2. The molecule has 1 aromatic carbocycles. The van der Waals surface area contributed by atoms with E-state index in [4.69, 9.17) is 0 Å². The van der Waals surface area contributed by atoms with Gasteiger partial charge in [0.05, 0.1) is 11.2 Å². The molecule has 2 nitrogen and oxygen atoms in total. The average molecular weight is 239 g/mol. The van der Waals surface area contributed by atoms with Crippen molar-refractivity contribution in [3.05, 3.63) is 42.1 Å². The Morgan fingerprint density at radius 1 is 1.00 bits per heavy atom. The van der Waals surface area contributed by atoms with Crippen molar-refractivity contribution < 1.29 is 5.11 Å². The van der Waals surface area contributed by atoms with E-state index in [9.17, 15) is 5.11 Å². The van der Waals surface area contributed by atoms with Gasteiger partial charge in [-0.3, -0.25) is 0 Å². The van der Waals surface area contributed by atoms with Crippen LogP contribution in [0.2, 0.25) is 0 Å². The van der Waals surface area contributed by atoms with E-state index in [1.807, 2.05) is 24.3 Å². The number of hydrogen-bond donors (Lipinski definition) is 1. The predicted octanol–water partition coefficient (Wildman–Crippen LogP) is 3.24. The van der Waals surface area contributed by atoms with E-state index in [1.165, 1.54) is 12.8 Å². The summed E-state index contributed by atoms with van der Waals surface area (Å²) in [6.07, 6.45) is 4.85. The minimum atomic E-state index is -0.624. The average Bonchev–Trinajstić information content (AvgIpc) is 3.06. The fourth-order valence-corrected chi connectivity index (χ4v) is 3.76. The maximum absolute atomic E-state index is 10.9. The molecule has 2 heteroatoms. The van der Waals surface area contributed by atoms with E-state index in [1.54, 1.807) is 0 Å². The number of aromatic nitrogens is 1. The lowest BCUT2D eigenvalue weighted by molar-refractivity contribution is 0.113. The van der Waals surface area contributed by atoms with E-state index in [2.05, 4.69) is 17.1 Å². The van der Waals surface area contributed by atoms with Crippen LogP contribution in [0.1, 0.15) is 31.4 Å². The van der Waals surface area contributed by atoms with Crippen molar-refractivity contribution in [1.82, 2.24) is 4.98 Å². The summed E-state index contributed by atoms with van der Waals surface area (Å²) in [5, 5.41) is 12.0. The molecular formula is C16H17NO. The number of rotatable bonds is 1. The van der Waals surface area contributed by atoms with Crippen LogP contribution in [0, 0.1) is 11.8 Å². The molecule has 2 atom stereocenters. The first-order valence-corrected chi connectivity index (χ1v) is 6.89. The molecule has 0 amide bonds. The van der Waals surface area contributed by atoms with E-state index in [0.29, 0.717) is 11.8 Å². The smallest absolute Gasteiger partial charge is 0.113 e. The first-order valence-electron chi connectivity index (χ1n) is 6.89. The van der Waals surface area contributed by atoms with Gasteiger partial charge in [-0.2, -0.15) is 0 Å². The molecule has 2 saturated carbocycles. The second kappa shape index (κ2) is 3.55. The second-order valence-electron chi connectivity index (χ2n) is 5.71. The number of fused-ring (bicyclic) bond motifs is 2. The number of nitrogens with zero attached hydrogens (tertiary/aromatic N) is 1. The Bertz CT molecular complexity index is 595. The fraction of sp³-hybridized carbons (Fsp3) is 0.438. The Kier molecular flexibility index (Phi) is 2.07. The molecule has 0 aliphatic heterocycles. The minimum absolute atomic E-state index is 0.458. The lowest BCUT2D eigenvalue weighted by atomic mass is 10.0. The van der Waals surface area contributed by atoms with E-state index in [-0.39, 0.29) is 0 Å². The third kappa shape index (κ3) is 1.30. The van der Waals surface area contributed by atoms with Crippen molar-refractivity contribution in [2.75, 3.05) is 0 Å². The molecule has 18 heavy (non-hydrogen) atoms. The summed E-state index contributed by atoms with van der Waals surface area (Å²) in [6.45, 7) is 0. The van der Waals surface area contributed by atoms with Gasteiger partial charge in [0.1, 0.15) is 5.60 Å². The van der Waals surface area contributed by atoms with Gasteiger partial charge in [-0.15, -0.1) is 0 Å². The van der Waals surface area contributed by atoms with E-state index < -0.39 is 5.60 Å². The highest BCUT2D eigenvalue weighted by atomic mass is 16.3. The maximum Gasteiger partial charge on any atom is 0.113 e. The van der Waals surface area contributed by atoms with Gasteiger partial charge in [0.25, 0.3) is 0 Å². The summed E-state index contributed by atoms with van der Waals surface area (Å²) in [6, 6.07) is 12.2. The third-order valence-electron chi connectivity index (χ3n) is 4.80. The van der Waals surface area contributed by atoms with Crippen molar-refractivity contribution >= 4 is 10.9 Å². The Morgan fingerprint density at radius 3 is 2.50 bits per heavy atom. The second-order valence-corrected chi connectivity index (χ2v) is 5.71. The van der Waals surface area contributed by atoms with Crippen molar-refractivity contribution in [3.8, 4) is 0 Å². The first kappa shape index (κ1) is 10.5. The van der Waals surface area contributed by atoms with Crippen LogP contribution in [0.5, 0.6) is 0 Å². The zero-order valence-electron chi connectivity index (χ0n) is 10.3. The van der Waals surface area contributed by atoms with Crippen LogP contribution in [0.15, 0.2) is 36.4 Å². The van der Waals surface area contributed by atoms with Crippen LogP contribution >= 0.6 is 0 Å². The molecule has 4 rings (SSSR count). The summed E-state index contributed by atoms with van der Waals surface area (Å²) < 4.78 is 0. The monoisotopic (exact) mass is 239 g/mol. The molecule has 2 aromatic rings. The quantitative estimate of drug-likeness (QED) is 0.828. The highest BCUT2D eigenvalue weighted by molar-refractivity contribution is 5.78. The summed E-state index contributed by atoms with van der Waals surface area (Å²) in [4.78, 5) is 4.68. The molecule has 2 unspecified atom stereocenters. The number of benzene rings is 1. The molecule has 1 N–H and O–H groups in total. The predicted molar refractivity (Wildman–Crippen MR) is 71.1 cm³/mol. The molecule has 2 fully saturated rings. The van der Waals surface area contributed by atoms with Crippen LogP contribution in [0.25, 0.3) is 10.9 Å². The number of pyridine rings is 1. The Balaban J connectivity index is 1.79. The van der Waals surface area contributed by atoms with Crippen LogP contribution in [0.4, 0.5) is 0 Å². The summed E-state index contributed by atoms with van der Waals surface area (Å²) in [7, 11) is 0. The van der Waals surface area contributed by atoms with Crippen LogP contribution < -0.4 is 0 Å². The van der Waals surface area contributed by atoms with Gasteiger partial charge < -0.3 is 5.11 Å². The molecule has 1 aromatic heterocycles. The molecule has 2 aliphatic carbocycles. The minimum Gasteiger partial charge on any atom is -0.383 e. The van der Waals surface area contributed by atoms with Gasteiger partial charge in [0, 0.05) is 5.39 Å². The maximum atomic E-state index is 10.9. The Hall–Kier alpha value is -1.41. The molecule has 92 valence electrons. The molecule has 0 bridgehead atoms. The Morgan fingerprint density at radius 2 is 1.72 bits per heavy atom. The molecule has 2 aliphatic rings. The van der Waals surface area contributed by atoms with Crippen LogP contribution in [-0.4, -0.2) is 10.1 Å². The summed E-state index contributed by atoms with van der Waals surface area (Å²) in [5.74, 6) is 0.917. The molecule has 0 spiro atoms. The summed E-state index contributed by atoms with van der Waals surface area (Å²) >= 11 is 0. The molecular weight excluding hydrogens is 222 g/mol. The van der Waals surface area contributed by atoms with Crippen molar-refractivity contribution in [3.63, 3.8) is 0 Å². The van der Waals surface area contributed by atoms with Crippen molar-refractivity contribution in [2.24, 2.45) is 11.8 Å². The van der Waals surface area contributed by atoms with Crippen molar-refractivity contribution in [1.29, 1.82) is 0 Å². The van der Waals surface area contributed by atoms with Crippen molar-refractivity contribution in [2.45, 2.75) is 31.3 Å². The van der Waals surface area contributed by atoms with E-state index in [0.717, 1.165) is 29.4 Å². The number of aliphatic hydroxyl groups is 1. The lowest BCUT2D eigenvalue weighted by Crippen LogP contribution is -2.12. The number of para-hydroxylation sites is 1. The fourth-order valence-electron chi connectivity index (χ4n) is 3.76. The van der Waals surface area contributed by atoms with Gasteiger partial charge >= 0.3 is 0 Å². The topological polar surface area (TPSA) is 33.1 Å². The Labute approximate surface area is 107 Å². The van der Waals surface area contributed by atoms with Gasteiger partial charge in [0.15, 0.2) is 0 Å². The van der Waals surface area contributed by atoms with Gasteiger partial charge in [-0.05, 0) is 36.8 Å². The normalized spacial score (nSPS) is 34.3. The van der Waals surface area contributed by atoms with Crippen LogP contribution in [0.3, 0.4) is 0 Å². The van der Waals surface area contributed by atoms with Crippen LogP contribution in [-0.2, 0) is 5.60 Å². The largest absolute Gasteiger partial charge is 0.383 e. The lowest BCUT2D eigenvalue weighted by Gasteiger charge is -2.11. The standard InChI is InChI=1S/C16H17NO/c18-16(12-6-2-3-7-13(12)16)15-10-9-11-5-1-4-8-14(11)17-15/h1,4-5,8-10,12-13,18H,2-3,6-7H2. The third-order valence-corrected chi connectivity index (χ3v) is 4.80. The van der Waals surface area contributed by atoms with Gasteiger partial charge in [-0.1, -0.05) is 37.1 Å². The van der Waals surface area contributed by atoms with Gasteiger partial charge in [-0.25, -0.2) is 4.98 Å². The zero-order valence-corrected chi connectivity index (χ0v) is 10.3. The number of hydrogen-bond acceptors (Lipinski definition) is 2. The summed E-state index contributed by atoms with van der Waals surface area (Å²) in [5.41, 5.74) is 1.26. The first-order chi connectivity index (χ1) is 8.80. The molecule has 1 heterocycles. The SMILES string of the molecule is OC1(c2ccc3ccccc3n2)C2CCCCC21. The highest BCUT2D eigenvalue weighted by Gasteiger charge is 2.65. The highest BCUT2D eigenvalue weighted by Crippen LogP contribution is 2.63.